The lowest BCUT2D eigenvalue weighted by Crippen LogP contribution is -2.19. The van der Waals surface area contributed by atoms with Crippen molar-refractivity contribution in [3.8, 4) is 11.5 Å². The van der Waals surface area contributed by atoms with Crippen molar-refractivity contribution in [3.63, 3.8) is 0 Å². The van der Waals surface area contributed by atoms with Gasteiger partial charge in [0.05, 0.1) is 15.9 Å². The van der Waals surface area contributed by atoms with Crippen LogP contribution in [-0.4, -0.2) is 38.5 Å². The molecule has 0 radical (unpaired) electrons. The molecule has 8 heteroatoms. The zero-order chi connectivity index (χ0) is 20.3. The molecule has 1 aliphatic heterocycles. The molecular weight excluding hydrogens is 410 g/mol. The minimum atomic E-state index is -3.34. The molecule has 1 fully saturated rings. The first kappa shape index (κ1) is 20.1. The summed E-state index contributed by atoms with van der Waals surface area (Å²) in [5, 5.41) is 2.49. The minimum absolute atomic E-state index is 0.194. The van der Waals surface area contributed by atoms with E-state index in [4.69, 9.17) is 9.47 Å². The van der Waals surface area contributed by atoms with Gasteiger partial charge in [0.2, 0.25) is 5.91 Å². The van der Waals surface area contributed by atoms with Crippen LogP contribution < -0.4 is 14.8 Å². The second-order valence-corrected chi connectivity index (χ2v) is 10.4. The smallest absolute Gasteiger partial charge is 0.234 e. The van der Waals surface area contributed by atoms with Crippen molar-refractivity contribution in [2.75, 3.05) is 24.3 Å². The van der Waals surface area contributed by atoms with E-state index >= 15 is 0 Å². The Labute approximate surface area is 174 Å². The van der Waals surface area contributed by atoms with Gasteiger partial charge in [-0.05, 0) is 49.2 Å². The van der Waals surface area contributed by atoms with Crippen LogP contribution in [0.3, 0.4) is 0 Å². The summed E-state index contributed by atoms with van der Waals surface area (Å²) in [4.78, 5) is 13.5. The molecule has 0 atom stereocenters. The Hall–Kier alpha value is -2.19. The molecule has 0 unspecified atom stereocenters. The Morgan fingerprint density at radius 3 is 2.59 bits per heavy atom. The first-order chi connectivity index (χ1) is 14.0. The molecule has 0 bridgehead atoms. The molecular formula is C21H23NO5S2. The highest BCUT2D eigenvalue weighted by Crippen LogP contribution is 2.34. The average Bonchev–Trinajstić information content (AvgIpc) is 3.28. The molecule has 1 N–H and O–H groups in total. The second-order valence-electron chi connectivity index (χ2n) is 7.12. The van der Waals surface area contributed by atoms with E-state index in [9.17, 15) is 13.2 Å². The average molecular weight is 434 g/mol. The zero-order valence-corrected chi connectivity index (χ0v) is 17.6. The van der Waals surface area contributed by atoms with Crippen LogP contribution in [-0.2, 0) is 14.6 Å². The summed E-state index contributed by atoms with van der Waals surface area (Å²) >= 11 is 1.38. The van der Waals surface area contributed by atoms with Crippen molar-refractivity contribution < 1.29 is 22.7 Å². The number of benzene rings is 2. The predicted molar refractivity (Wildman–Crippen MR) is 113 cm³/mol. The fourth-order valence-corrected chi connectivity index (χ4v) is 6.22. The fraction of sp³-hybridized carbons (Fsp3) is 0.381. The van der Waals surface area contributed by atoms with Gasteiger partial charge in [-0.15, -0.1) is 11.8 Å². The van der Waals surface area contributed by atoms with E-state index in [-0.39, 0.29) is 21.8 Å². The maximum absolute atomic E-state index is 12.8. The van der Waals surface area contributed by atoms with Gasteiger partial charge in [0, 0.05) is 10.6 Å². The monoisotopic (exact) mass is 433 g/mol. The predicted octanol–water partition coefficient (Wildman–Crippen LogP) is 3.90. The van der Waals surface area contributed by atoms with Gasteiger partial charge in [-0.1, -0.05) is 18.9 Å². The van der Waals surface area contributed by atoms with E-state index in [1.165, 1.54) is 11.8 Å². The molecule has 0 aromatic heterocycles. The standard InChI is InChI=1S/C21H23NO5S2/c23-21(14-28-16-8-9-19-20(13-16)27-11-10-26-19)22-15-4-3-7-18(12-15)29(24,25)17-5-1-2-6-17/h3-4,7-9,12-13,17H,1-2,5-6,10-11,14H2,(H,22,23). The van der Waals surface area contributed by atoms with Crippen molar-refractivity contribution in [1.29, 1.82) is 0 Å². The maximum atomic E-state index is 12.8. The molecule has 1 aliphatic carbocycles. The number of sulfone groups is 1. The number of ether oxygens (including phenoxy) is 2. The van der Waals surface area contributed by atoms with Crippen LogP contribution in [0.1, 0.15) is 25.7 Å². The number of thioether (sulfide) groups is 1. The molecule has 2 aliphatic rings. The summed E-state index contributed by atoms with van der Waals surface area (Å²) in [5.74, 6) is 1.41. The molecule has 154 valence electrons. The molecule has 1 heterocycles. The van der Waals surface area contributed by atoms with Crippen LogP contribution in [0.5, 0.6) is 11.5 Å². The van der Waals surface area contributed by atoms with Crippen molar-refractivity contribution in [3.05, 3.63) is 42.5 Å². The van der Waals surface area contributed by atoms with E-state index in [1.54, 1.807) is 24.3 Å². The summed E-state index contributed by atoms with van der Waals surface area (Å²) in [6, 6.07) is 12.1. The third-order valence-corrected chi connectivity index (χ3v) is 8.32. The number of hydrogen-bond acceptors (Lipinski definition) is 6. The highest BCUT2D eigenvalue weighted by Gasteiger charge is 2.30. The molecule has 4 rings (SSSR count). The van der Waals surface area contributed by atoms with E-state index in [0.29, 0.717) is 43.2 Å². The number of nitrogens with one attached hydrogen (secondary N) is 1. The Kier molecular flexibility index (Phi) is 6.01. The SMILES string of the molecule is O=C(CSc1ccc2c(c1)OCCO2)Nc1cccc(S(=O)(=O)C2CCCC2)c1. The fourth-order valence-electron chi connectivity index (χ4n) is 3.60. The van der Waals surface area contributed by atoms with Gasteiger partial charge in [0.1, 0.15) is 13.2 Å². The van der Waals surface area contributed by atoms with Crippen molar-refractivity contribution >= 4 is 33.2 Å². The van der Waals surface area contributed by atoms with Crippen LogP contribution in [0.15, 0.2) is 52.3 Å². The Morgan fingerprint density at radius 2 is 1.79 bits per heavy atom. The number of carbonyl (C=O) groups excluding carboxylic acids is 1. The summed E-state index contributed by atoms with van der Waals surface area (Å²) in [7, 11) is -3.34. The molecule has 2 aromatic rings. The molecule has 2 aromatic carbocycles. The topological polar surface area (TPSA) is 81.7 Å². The van der Waals surface area contributed by atoms with Gasteiger partial charge in [-0.2, -0.15) is 0 Å². The highest BCUT2D eigenvalue weighted by molar-refractivity contribution is 8.00. The minimum Gasteiger partial charge on any atom is -0.486 e. The lowest BCUT2D eigenvalue weighted by molar-refractivity contribution is -0.113. The van der Waals surface area contributed by atoms with E-state index in [2.05, 4.69) is 5.32 Å². The van der Waals surface area contributed by atoms with Gasteiger partial charge in [-0.3, -0.25) is 4.79 Å². The maximum Gasteiger partial charge on any atom is 0.234 e. The Balaban J connectivity index is 1.37. The number of carbonyl (C=O) groups is 1. The molecule has 0 saturated heterocycles. The van der Waals surface area contributed by atoms with Gasteiger partial charge < -0.3 is 14.8 Å². The van der Waals surface area contributed by atoms with E-state index in [0.717, 1.165) is 17.7 Å². The lowest BCUT2D eigenvalue weighted by atomic mass is 10.3. The van der Waals surface area contributed by atoms with Gasteiger partial charge >= 0.3 is 0 Å². The van der Waals surface area contributed by atoms with E-state index in [1.807, 2.05) is 18.2 Å². The number of anilines is 1. The number of hydrogen-bond donors (Lipinski definition) is 1. The van der Waals surface area contributed by atoms with Crippen LogP contribution >= 0.6 is 11.8 Å². The van der Waals surface area contributed by atoms with Crippen molar-refractivity contribution in [2.24, 2.45) is 0 Å². The van der Waals surface area contributed by atoms with Crippen LogP contribution in [0.2, 0.25) is 0 Å². The first-order valence-corrected chi connectivity index (χ1v) is 12.2. The van der Waals surface area contributed by atoms with Gasteiger partial charge in [-0.25, -0.2) is 8.42 Å². The Bertz CT molecular complexity index is 1000. The number of fused-ring (bicyclic) bond motifs is 1. The Morgan fingerprint density at radius 1 is 1.03 bits per heavy atom. The normalized spacial score (nSPS) is 16.6. The van der Waals surface area contributed by atoms with Gasteiger partial charge in [0.25, 0.3) is 0 Å². The largest absolute Gasteiger partial charge is 0.486 e. The number of amides is 1. The summed E-state index contributed by atoms with van der Waals surface area (Å²) in [6.07, 6.45) is 3.34. The molecule has 0 spiro atoms. The molecule has 29 heavy (non-hydrogen) atoms. The summed E-state index contributed by atoms with van der Waals surface area (Å²) in [6.45, 7) is 1.05. The molecule has 1 amide bonds. The molecule has 1 saturated carbocycles. The lowest BCUT2D eigenvalue weighted by Gasteiger charge is -2.18. The van der Waals surface area contributed by atoms with Gasteiger partial charge in [0.15, 0.2) is 21.3 Å². The number of rotatable bonds is 6. The van der Waals surface area contributed by atoms with Crippen molar-refractivity contribution in [2.45, 2.75) is 40.7 Å². The summed E-state index contributed by atoms with van der Waals surface area (Å²) in [5.41, 5.74) is 0.497. The third kappa shape index (κ3) is 4.70. The van der Waals surface area contributed by atoms with Crippen molar-refractivity contribution in [1.82, 2.24) is 0 Å². The van der Waals surface area contributed by atoms with Crippen LogP contribution in [0.25, 0.3) is 0 Å². The van der Waals surface area contributed by atoms with Crippen LogP contribution in [0, 0.1) is 0 Å². The second kappa shape index (κ2) is 8.67. The van der Waals surface area contributed by atoms with Crippen LogP contribution in [0.4, 0.5) is 5.69 Å². The summed E-state index contributed by atoms with van der Waals surface area (Å²) < 4.78 is 36.6. The molecule has 6 nitrogen and oxygen atoms in total. The third-order valence-electron chi connectivity index (χ3n) is 5.07. The zero-order valence-electron chi connectivity index (χ0n) is 15.9. The van der Waals surface area contributed by atoms with E-state index < -0.39 is 9.84 Å². The quantitative estimate of drug-likeness (QED) is 0.696. The highest BCUT2D eigenvalue weighted by atomic mass is 32.2. The first-order valence-electron chi connectivity index (χ1n) is 9.69.